The van der Waals surface area contributed by atoms with Gasteiger partial charge in [0.05, 0.1) is 13.1 Å². The van der Waals surface area contributed by atoms with Gasteiger partial charge in [-0.2, -0.15) is 0 Å². The fourth-order valence-electron chi connectivity index (χ4n) is 2.47. The highest BCUT2D eigenvalue weighted by molar-refractivity contribution is 5.20. The molecular weight excluding hydrogens is 224 g/mol. The van der Waals surface area contributed by atoms with Gasteiger partial charge in [-0.05, 0) is 50.4 Å². The van der Waals surface area contributed by atoms with Crippen molar-refractivity contribution in [2.45, 2.75) is 40.3 Å². The normalized spacial score (nSPS) is 22.7. The van der Waals surface area contributed by atoms with Crippen molar-refractivity contribution in [1.82, 2.24) is 10.2 Å². The van der Waals surface area contributed by atoms with Crippen LogP contribution in [0.1, 0.15) is 37.4 Å². The topological polar surface area (TPSA) is 28.4 Å². The summed E-state index contributed by atoms with van der Waals surface area (Å²) in [5.41, 5.74) is 1.26. The molecule has 1 heterocycles. The first-order valence-corrected chi connectivity index (χ1v) is 7.07. The van der Waals surface area contributed by atoms with Gasteiger partial charge in [0.1, 0.15) is 11.5 Å². The van der Waals surface area contributed by atoms with Crippen molar-refractivity contribution in [3.63, 3.8) is 0 Å². The van der Waals surface area contributed by atoms with Gasteiger partial charge in [0, 0.05) is 6.54 Å². The van der Waals surface area contributed by atoms with Crippen LogP contribution >= 0.6 is 0 Å². The van der Waals surface area contributed by atoms with Gasteiger partial charge in [0.2, 0.25) is 0 Å². The molecule has 0 bridgehead atoms. The monoisotopic (exact) mass is 250 g/mol. The average molecular weight is 250 g/mol. The van der Waals surface area contributed by atoms with E-state index in [9.17, 15) is 0 Å². The Bertz CT molecular complexity index is 386. The van der Waals surface area contributed by atoms with Gasteiger partial charge in [0.15, 0.2) is 0 Å². The van der Waals surface area contributed by atoms with Crippen molar-refractivity contribution < 1.29 is 4.42 Å². The maximum absolute atomic E-state index is 5.91. The van der Waals surface area contributed by atoms with Gasteiger partial charge in [-0.15, -0.1) is 0 Å². The van der Waals surface area contributed by atoms with E-state index >= 15 is 0 Å². The van der Waals surface area contributed by atoms with E-state index < -0.39 is 0 Å². The van der Waals surface area contributed by atoms with E-state index in [0.29, 0.717) is 0 Å². The molecular formula is C15H26N2O. The van der Waals surface area contributed by atoms with Crippen LogP contribution in [-0.2, 0) is 13.1 Å². The van der Waals surface area contributed by atoms with Crippen molar-refractivity contribution in [1.29, 1.82) is 0 Å². The predicted molar refractivity (Wildman–Crippen MR) is 74.4 cm³/mol. The lowest BCUT2D eigenvalue weighted by molar-refractivity contribution is 0.275. The van der Waals surface area contributed by atoms with Crippen LogP contribution in [-0.4, -0.2) is 25.0 Å². The van der Waals surface area contributed by atoms with Crippen molar-refractivity contribution in [3.05, 3.63) is 23.2 Å². The molecule has 1 aromatic rings. The van der Waals surface area contributed by atoms with Gasteiger partial charge in [-0.25, -0.2) is 0 Å². The molecule has 1 saturated carbocycles. The smallest absolute Gasteiger partial charge is 0.120 e. The van der Waals surface area contributed by atoms with Gasteiger partial charge < -0.3 is 9.73 Å². The maximum atomic E-state index is 5.91. The average Bonchev–Trinajstić information content (AvgIpc) is 2.86. The molecule has 0 saturated heterocycles. The molecule has 3 heteroatoms. The Labute approximate surface area is 111 Å². The van der Waals surface area contributed by atoms with E-state index in [2.05, 4.69) is 44.1 Å². The van der Waals surface area contributed by atoms with E-state index in [1.807, 2.05) is 0 Å². The summed E-state index contributed by atoms with van der Waals surface area (Å²) in [6, 6.07) is 2.18. The van der Waals surface area contributed by atoms with E-state index in [1.165, 1.54) is 18.5 Å². The summed E-state index contributed by atoms with van der Waals surface area (Å²) in [7, 11) is 2.19. The maximum Gasteiger partial charge on any atom is 0.120 e. The van der Waals surface area contributed by atoms with Crippen LogP contribution in [0.25, 0.3) is 0 Å². The molecule has 1 fully saturated rings. The number of hydrogen-bond acceptors (Lipinski definition) is 3. The molecule has 2 atom stereocenters. The third kappa shape index (κ3) is 3.59. The number of aryl methyl sites for hydroxylation is 1. The van der Waals surface area contributed by atoms with Crippen molar-refractivity contribution in [3.8, 4) is 0 Å². The van der Waals surface area contributed by atoms with Crippen molar-refractivity contribution in [2.75, 3.05) is 20.1 Å². The van der Waals surface area contributed by atoms with E-state index in [4.69, 9.17) is 4.42 Å². The summed E-state index contributed by atoms with van der Waals surface area (Å²) >= 11 is 0. The zero-order valence-electron chi connectivity index (χ0n) is 12.1. The SMILES string of the molecule is CCNCc1oc(CN(C)CC2CC2C)cc1C. The summed E-state index contributed by atoms with van der Waals surface area (Å²) in [5.74, 6) is 4.01. The Morgan fingerprint density at radius 3 is 2.83 bits per heavy atom. The molecule has 1 aromatic heterocycles. The van der Waals surface area contributed by atoms with Crippen molar-refractivity contribution >= 4 is 0 Å². The summed E-state index contributed by atoms with van der Waals surface area (Å²) in [6.45, 7) is 10.5. The summed E-state index contributed by atoms with van der Waals surface area (Å²) in [4.78, 5) is 2.38. The standard InChI is InChI=1S/C15H26N2O/c1-5-16-8-15-12(3)7-14(18-15)10-17(4)9-13-6-11(13)2/h7,11,13,16H,5-6,8-10H2,1-4H3. The zero-order chi connectivity index (χ0) is 13.1. The summed E-state index contributed by atoms with van der Waals surface area (Å²) in [6.07, 6.45) is 1.40. The Balaban J connectivity index is 1.84. The van der Waals surface area contributed by atoms with Crippen LogP contribution in [0.2, 0.25) is 0 Å². The molecule has 1 N–H and O–H groups in total. The third-order valence-electron chi connectivity index (χ3n) is 3.86. The van der Waals surface area contributed by atoms with Crippen molar-refractivity contribution in [2.24, 2.45) is 11.8 Å². The highest BCUT2D eigenvalue weighted by atomic mass is 16.3. The van der Waals surface area contributed by atoms with Gasteiger partial charge in [-0.3, -0.25) is 4.90 Å². The van der Waals surface area contributed by atoms with E-state index in [-0.39, 0.29) is 0 Å². The van der Waals surface area contributed by atoms with Gasteiger partial charge >= 0.3 is 0 Å². The zero-order valence-corrected chi connectivity index (χ0v) is 12.1. The Kier molecular flexibility index (Phi) is 4.46. The molecule has 2 rings (SSSR count). The Morgan fingerprint density at radius 2 is 2.22 bits per heavy atom. The minimum absolute atomic E-state index is 0.839. The predicted octanol–water partition coefficient (Wildman–Crippen LogP) is 2.79. The molecule has 0 aliphatic heterocycles. The lowest BCUT2D eigenvalue weighted by Crippen LogP contribution is -2.20. The number of rotatable bonds is 7. The second kappa shape index (κ2) is 5.89. The number of hydrogen-bond donors (Lipinski definition) is 1. The number of nitrogens with one attached hydrogen (secondary N) is 1. The van der Waals surface area contributed by atoms with Gasteiger partial charge in [-0.1, -0.05) is 13.8 Å². The van der Waals surface area contributed by atoms with Crippen LogP contribution in [0.3, 0.4) is 0 Å². The Morgan fingerprint density at radius 1 is 1.50 bits per heavy atom. The fourth-order valence-corrected chi connectivity index (χ4v) is 2.47. The second-order valence-electron chi connectivity index (χ2n) is 5.77. The lowest BCUT2D eigenvalue weighted by Gasteiger charge is -2.14. The molecule has 18 heavy (non-hydrogen) atoms. The molecule has 0 aromatic carbocycles. The molecule has 1 aliphatic carbocycles. The molecule has 2 unspecified atom stereocenters. The second-order valence-corrected chi connectivity index (χ2v) is 5.77. The number of nitrogens with zero attached hydrogens (tertiary/aromatic N) is 1. The first kappa shape index (κ1) is 13.6. The number of furan rings is 1. The minimum atomic E-state index is 0.839. The van der Waals surface area contributed by atoms with Crippen LogP contribution in [0.5, 0.6) is 0 Å². The highest BCUT2D eigenvalue weighted by Crippen LogP contribution is 2.38. The molecule has 0 radical (unpaired) electrons. The van der Waals surface area contributed by atoms with E-state index in [0.717, 1.165) is 43.0 Å². The highest BCUT2D eigenvalue weighted by Gasteiger charge is 2.33. The minimum Gasteiger partial charge on any atom is -0.463 e. The lowest BCUT2D eigenvalue weighted by atomic mass is 10.2. The van der Waals surface area contributed by atoms with Crippen LogP contribution in [0.15, 0.2) is 10.5 Å². The third-order valence-corrected chi connectivity index (χ3v) is 3.86. The van der Waals surface area contributed by atoms with E-state index in [1.54, 1.807) is 0 Å². The van der Waals surface area contributed by atoms with Crippen LogP contribution in [0, 0.1) is 18.8 Å². The Hall–Kier alpha value is -0.800. The first-order chi connectivity index (χ1) is 8.60. The molecule has 0 spiro atoms. The fraction of sp³-hybridized carbons (Fsp3) is 0.733. The quantitative estimate of drug-likeness (QED) is 0.806. The molecule has 102 valence electrons. The largest absolute Gasteiger partial charge is 0.463 e. The summed E-state index contributed by atoms with van der Waals surface area (Å²) < 4.78 is 5.91. The van der Waals surface area contributed by atoms with Crippen LogP contribution < -0.4 is 5.32 Å². The first-order valence-electron chi connectivity index (χ1n) is 7.07. The molecule has 3 nitrogen and oxygen atoms in total. The van der Waals surface area contributed by atoms with Gasteiger partial charge in [0.25, 0.3) is 0 Å². The molecule has 0 amide bonds. The van der Waals surface area contributed by atoms with Crippen LogP contribution in [0.4, 0.5) is 0 Å². The molecule has 1 aliphatic rings. The summed E-state index contributed by atoms with van der Waals surface area (Å²) in [5, 5.41) is 3.31.